The van der Waals surface area contributed by atoms with Crippen molar-refractivity contribution in [2.24, 2.45) is 0 Å². The van der Waals surface area contributed by atoms with Crippen LogP contribution in [-0.2, 0) is 0 Å². The normalized spacial score (nSPS) is 10.7. The molecule has 0 atom stereocenters. The van der Waals surface area contributed by atoms with E-state index in [2.05, 4.69) is 15.1 Å². The first-order chi connectivity index (χ1) is 8.76. The molecule has 6 nitrogen and oxygen atoms in total. The number of ether oxygens (including phenoxy) is 1. The van der Waals surface area contributed by atoms with E-state index in [4.69, 9.17) is 15.0 Å². The second kappa shape index (κ2) is 3.99. The van der Waals surface area contributed by atoms with Crippen molar-refractivity contribution in [3.05, 3.63) is 30.5 Å². The van der Waals surface area contributed by atoms with Crippen LogP contribution in [0.5, 0.6) is 5.88 Å². The monoisotopic (exact) mass is 242 g/mol. The van der Waals surface area contributed by atoms with Crippen molar-refractivity contribution in [2.75, 3.05) is 12.8 Å². The van der Waals surface area contributed by atoms with Crippen molar-refractivity contribution in [2.45, 2.75) is 0 Å². The summed E-state index contributed by atoms with van der Waals surface area (Å²) in [5.74, 6) is 1.44. The zero-order valence-corrected chi connectivity index (χ0v) is 9.62. The fourth-order valence-corrected chi connectivity index (χ4v) is 1.67. The number of methoxy groups -OCH3 is 1. The molecule has 0 aliphatic carbocycles. The molecule has 0 unspecified atom stereocenters. The third-order valence-corrected chi connectivity index (χ3v) is 2.54. The predicted molar refractivity (Wildman–Crippen MR) is 66.0 cm³/mol. The molecule has 0 saturated carbocycles. The van der Waals surface area contributed by atoms with Gasteiger partial charge in [-0.05, 0) is 18.2 Å². The van der Waals surface area contributed by atoms with Crippen LogP contribution in [0.25, 0.3) is 22.4 Å². The number of hydrogen-bond donors (Lipinski definition) is 1. The molecule has 0 saturated heterocycles. The molecule has 0 aliphatic heterocycles. The SMILES string of the molecule is COc1cnc2cc(-c3cc(N)no3)ccc2n1. The standard InChI is InChI=1S/C12H10N4O2/c1-17-12-6-14-9-4-7(2-3-8(9)15-12)10-5-11(13)16-18-10/h2-6H,1H3,(H2,13,16). The highest BCUT2D eigenvalue weighted by atomic mass is 16.5. The lowest BCUT2D eigenvalue weighted by molar-refractivity contribution is 0.397. The van der Waals surface area contributed by atoms with Gasteiger partial charge in [0.2, 0.25) is 5.88 Å². The Kier molecular flexibility index (Phi) is 2.33. The molecule has 2 N–H and O–H groups in total. The summed E-state index contributed by atoms with van der Waals surface area (Å²) in [4.78, 5) is 8.54. The summed E-state index contributed by atoms with van der Waals surface area (Å²) in [6.07, 6.45) is 1.57. The van der Waals surface area contributed by atoms with Gasteiger partial charge in [-0.3, -0.25) is 0 Å². The first-order valence-electron chi connectivity index (χ1n) is 5.29. The van der Waals surface area contributed by atoms with E-state index in [0.717, 1.165) is 16.6 Å². The highest BCUT2D eigenvalue weighted by molar-refractivity contribution is 5.80. The average Bonchev–Trinajstić information content (AvgIpc) is 2.84. The Morgan fingerprint density at radius 2 is 2.11 bits per heavy atom. The molecule has 90 valence electrons. The zero-order chi connectivity index (χ0) is 12.5. The molecule has 2 heterocycles. The summed E-state index contributed by atoms with van der Waals surface area (Å²) < 4.78 is 10.1. The van der Waals surface area contributed by atoms with E-state index in [0.29, 0.717) is 17.5 Å². The van der Waals surface area contributed by atoms with Crippen LogP contribution in [0.4, 0.5) is 5.82 Å². The summed E-state index contributed by atoms with van der Waals surface area (Å²) in [5, 5.41) is 3.65. The van der Waals surface area contributed by atoms with Crippen molar-refractivity contribution in [3.63, 3.8) is 0 Å². The third-order valence-electron chi connectivity index (χ3n) is 2.54. The average molecular weight is 242 g/mol. The van der Waals surface area contributed by atoms with Gasteiger partial charge in [0.15, 0.2) is 11.6 Å². The molecule has 0 fully saturated rings. The van der Waals surface area contributed by atoms with Crippen LogP contribution < -0.4 is 10.5 Å². The number of aromatic nitrogens is 3. The Labute approximate surface area is 102 Å². The molecule has 0 spiro atoms. The second-order valence-corrected chi connectivity index (χ2v) is 3.73. The lowest BCUT2D eigenvalue weighted by Crippen LogP contribution is -1.90. The zero-order valence-electron chi connectivity index (χ0n) is 9.62. The van der Waals surface area contributed by atoms with Crippen molar-refractivity contribution in [3.8, 4) is 17.2 Å². The van der Waals surface area contributed by atoms with Gasteiger partial charge in [-0.15, -0.1) is 0 Å². The topological polar surface area (TPSA) is 87.1 Å². The molecule has 0 aliphatic rings. The maximum absolute atomic E-state index is 5.52. The van der Waals surface area contributed by atoms with Crippen LogP contribution in [0, 0.1) is 0 Å². The van der Waals surface area contributed by atoms with Crippen LogP contribution in [0.2, 0.25) is 0 Å². The number of nitrogens with two attached hydrogens (primary N) is 1. The van der Waals surface area contributed by atoms with E-state index >= 15 is 0 Å². The van der Waals surface area contributed by atoms with E-state index in [1.165, 1.54) is 0 Å². The molecule has 0 radical (unpaired) electrons. The molecule has 3 aromatic rings. The first-order valence-corrected chi connectivity index (χ1v) is 5.29. The number of benzene rings is 1. The number of nitrogens with zero attached hydrogens (tertiary/aromatic N) is 3. The van der Waals surface area contributed by atoms with Gasteiger partial charge >= 0.3 is 0 Å². The lowest BCUT2D eigenvalue weighted by atomic mass is 10.1. The Morgan fingerprint density at radius 1 is 1.22 bits per heavy atom. The van der Waals surface area contributed by atoms with E-state index in [1.54, 1.807) is 19.4 Å². The van der Waals surface area contributed by atoms with Crippen LogP contribution in [0.3, 0.4) is 0 Å². The molecule has 6 heteroatoms. The number of nitrogen functional groups attached to an aromatic ring is 1. The minimum Gasteiger partial charge on any atom is -0.480 e. The minimum absolute atomic E-state index is 0.353. The Bertz CT molecular complexity index is 708. The fourth-order valence-electron chi connectivity index (χ4n) is 1.67. The van der Waals surface area contributed by atoms with Gasteiger partial charge in [-0.2, -0.15) is 0 Å². The van der Waals surface area contributed by atoms with Gasteiger partial charge in [-0.25, -0.2) is 9.97 Å². The van der Waals surface area contributed by atoms with Crippen molar-refractivity contribution in [1.82, 2.24) is 15.1 Å². The highest BCUT2D eigenvalue weighted by Gasteiger charge is 2.07. The van der Waals surface area contributed by atoms with Gasteiger partial charge in [0, 0.05) is 11.6 Å². The van der Waals surface area contributed by atoms with E-state index in [1.807, 2.05) is 18.2 Å². The number of rotatable bonds is 2. The lowest BCUT2D eigenvalue weighted by Gasteiger charge is -2.01. The number of anilines is 1. The van der Waals surface area contributed by atoms with Crippen LogP contribution in [0.15, 0.2) is 35.0 Å². The minimum atomic E-state index is 0.353. The van der Waals surface area contributed by atoms with Gasteiger partial charge in [0.05, 0.1) is 24.3 Å². The van der Waals surface area contributed by atoms with Crippen molar-refractivity contribution >= 4 is 16.9 Å². The molecule has 2 aromatic heterocycles. The Hall–Kier alpha value is -2.63. The third kappa shape index (κ3) is 1.73. The summed E-state index contributed by atoms with van der Waals surface area (Å²) in [6.45, 7) is 0. The maximum Gasteiger partial charge on any atom is 0.232 e. The smallest absolute Gasteiger partial charge is 0.232 e. The van der Waals surface area contributed by atoms with Crippen LogP contribution in [0.1, 0.15) is 0 Å². The summed E-state index contributed by atoms with van der Waals surface area (Å²) in [6, 6.07) is 7.25. The molecule has 0 amide bonds. The van der Waals surface area contributed by atoms with E-state index in [9.17, 15) is 0 Å². The van der Waals surface area contributed by atoms with E-state index < -0.39 is 0 Å². The summed E-state index contributed by atoms with van der Waals surface area (Å²) in [5.41, 5.74) is 7.88. The molecule has 0 bridgehead atoms. The number of hydrogen-bond acceptors (Lipinski definition) is 6. The quantitative estimate of drug-likeness (QED) is 0.738. The van der Waals surface area contributed by atoms with Crippen LogP contribution >= 0.6 is 0 Å². The molecular weight excluding hydrogens is 232 g/mol. The van der Waals surface area contributed by atoms with Crippen LogP contribution in [-0.4, -0.2) is 22.2 Å². The van der Waals surface area contributed by atoms with E-state index in [-0.39, 0.29) is 0 Å². The first kappa shape index (κ1) is 10.5. The Morgan fingerprint density at radius 3 is 2.83 bits per heavy atom. The highest BCUT2D eigenvalue weighted by Crippen LogP contribution is 2.24. The van der Waals surface area contributed by atoms with Gasteiger partial charge in [0.1, 0.15) is 0 Å². The van der Waals surface area contributed by atoms with Gasteiger partial charge in [-0.1, -0.05) is 5.16 Å². The van der Waals surface area contributed by atoms with Gasteiger partial charge < -0.3 is 15.0 Å². The molecule has 3 rings (SSSR count). The number of fused-ring (bicyclic) bond motifs is 1. The summed E-state index contributed by atoms with van der Waals surface area (Å²) >= 11 is 0. The summed E-state index contributed by atoms with van der Waals surface area (Å²) in [7, 11) is 1.56. The van der Waals surface area contributed by atoms with Crippen molar-refractivity contribution < 1.29 is 9.26 Å². The molecule has 18 heavy (non-hydrogen) atoms. The molecule has 1 aromatic carbocycles. The predicted octanol–water partition coefficient (Wildman–Crippen LogP) is 1.88. The largest absolute Gasteiger partial charge is 0.480 e. The maximum atomic E-state index is 5.52. The Balaban J connectivity index is 2.11. The van der Waals surface area contributed by atoms with Gasteiger partial charge in [0.25, 0.3) is 0 Å². The fraction of sp³-hybridized carbons (Fsp3) is 0.0833. The molecular formula is C12H10N4O2. The second-order valence-electron chi connectivity index (χ2n) is 3.73. The van der Waals surface area contributed by atoms with Crippen molar-refractivity contribution in [1.29, 1.82) is 0 Å².